The molecule has 1 atom stereocenters. The number of rotatable bonds is 5. The molecule has 0 saturated carbocycles. The molecule has 4 nitrogen and oxygen atoms in total. The maximum Gasteiger partial charge on any atom is 0.136 e. The SMILES string of the molecule is COc1ccc(CN2CCCCC2CCN)cc1C#N. The van der Waals surface area contributed by atoms with Crippen LogP contribution in [0.4, 0.5) is 0 Å². The van der Waals surface area contributed by atoms with Crippen LogP contribution in [0.1, 0.15) is 36.8 Å². The molecule has 1 aromatic rings. The lowest BCUT2D eigenvalue weighted by Gasteiger charge is -2.35. The van der Waals surface area contributed by atoms with E-state index in [0.29, 0.717) is 17.4 Å². The smallest absolute Gasteiger partial charge is 0.136 e. The molecule has 0 bridgehead atoms. The van der Waals surface area contributed by atoms with Crippen LogP contribution >= 0.6 is 0 Å². The van der Waals surface area contributed by atoms with E-state index in [1.54, 1.807) is 7.11 Å². The Bertz CT molecular complexity index is 479. The predicted molar refractivity (Wildman–Crippen MR) is 79.4 cm³/mol. The third kappa shape index (κ3) is 3.50. The molecule has 4 heteroatoms. The summed E-state index contributed by atoms with van der Waals surface area (Å²) in [5, 5.41) is 9.16. The molecule has 0 spiro atoms. The second kappa shape index (κ2) is 7.28. The summed E-state index contributed by atoms with van der Waals surface area (Å²) in [6.07, 6.45) is 4.84. The first-order valence-corrected chi connectivity index (χ1v) is 7.29. The normalized spacial score (nSPS) is 19.6. The van der Waals surface area contributed by atoms with Crippen molar-refractivity contribution in [3.8, 4) is 11.8 Å². The molecule has 1 aliphatic heterocycles. The van der Waals surface area contributed by atoms with Gasteiger partial charge in [-0.05, 0) is 50.0 Å². The zero-order valence-corrected chi connectivity index (χ0v) is 12.1. The average molecular weight is 273 g/mol. The summed E-state index contributed by atoms with van der Waals surface area (Å²) < 4.78 is 5.19. The van der Waals surface area contributed by atoms with Gasteiger partial charge >= 0.3 is 0 Å². The molecule has 1 heterocycles. The van der Waals surface area contributed by atoms with Crippen LogP contribution in [0.5, 0.6) is 5.75 Å². The molecule has 2 rings (SSSR count). The molecule has 0 aromatic heterocycles. The number of hydrogen-bond donors (Lipinski definition) is 1. The Hall–Kier alpha value is -1.57. The molecule has 0 aliphatic carbocycles. The van der Waals surface area contributed by atoms with E-state index in [-0.39, 0.29) is 0 Å². The van der Waals surface area contributed by atoms with E-state index in [9.17, 15) is 0 Å². The lowest BCUT2D eigenvalue weighted by atomic mass is 9.98. The molecule has 20 heavy (non-hydrogen) atoms. The second-order valence-corrected chi connectivity index (χ2v) is 5.34. The van der Waals surface area contributed by atoms with Crippen molar-refractivity contribution in [3.05, 3.63) is 29.3 Å². The maximum atomic E-state index is 9.16. The molecule has 1 aromatic carbocycles. The fourth-order valence-corrected chi connectivity index (χ4v) is 2.96. The second-order valence-electron chi connectivity index (χ2n) is 5.34. The van der Waals surface area contributed by atoms with E-state index in [1.165, 1.54) is 24.8 Å². The van der Waals surface area contributed by atoms with Gasteiger partial charge in [0.1, 0.15) is 11.8 Å². The first-order chi connectivity index (χ1) is 9.78. The average Bonchev–Trinajstić information content (AvgIpc) is 2.49. The first kappa shape index (κ1) is 14.8. The summed E-state index contributed by atoms with van der Waals surface area (Å²) in [7, 11) is 1.60. The molecule has 2 N–H and O–H groups in total. The van der Waals surface area contributed by atoms with Crippen molar-refractivity contribution in [1.82, 2.24) is 4.90 Å². The standard InChI is InChI=1S/C16H23N3O/c1-20-16-6-5-13(10-14(16)11-18)12-19-9-3-2-4-15(19)7-8-17/h5-6,10,15H,2-4,7-9,12,17H2,1H3. The van der Waals surface area contributed by atoms with Crippen molar-refractivity contribution in [3.63, 3.8) is 0 Å². The number of nitrogens with two attached hydrogens (primary N) is 1. The highest BCUT2D eigenvalue weighted by molar-refractivity contribution is 5.45. The molecule has 1 aliphatic rings. The minimum Gasteiger partial charge on any atom is -0.495 e. The molecule has 0 amide bonds. The number of ether oxygens (including phenoxy) is 1. The topological polar surface area (TPSA) is 62.3 Å². The van der Waals surface area contributed by atoms with E-state index in [1.807, 2.05) is 18.2 Å². The Balaban J connectivity index is 2.10. The molecule has 1 unspecified atom stereocenters. The lowest BCUT2D eigenvalue weighted by Crippen LogP contribution is -2.40. The molecule has 108 valence electrons. The Morgan fingerprint density at radius 1 is 1.45 bits per heavy atom. The number of methoxy groups -OCH3 is 1. The van der Waals surface area contributed by atoms with Gasteiger partial charge in [0.05, 0.1) is 12.7 Å². The Morgan fingerprint density at radius 3 is 3.00 bits per heavy atom. The highest BCUT2D eigenvalue weighted by atomic mass is 16.5. The third-order valence-electron chi connectivity index (χ3n) is 4.02. The van der Waals surface area contributed by atoms with Crippen LogP contribution in [0.3, 0.4) is 0 Å². The van der Waals surface area contributed by atoms with Crippen LogP contribution in [0.25, 0.3) is 0 Å². The highest BCUT2D eigenvalue weighted by Gasteiger charge is 2.21. The number of likely N-dealkylation sites (tertiary alicyclic amines) is 1. The quantitative estimate of drug-likeness (QED) is 0.894. The van der Waals surface area contributed by atoms with E-state index in [0.717, 1.165) is 26.1 Å². The fourth-order valence-electron chi connectivity index (χ4n) is 2.96. The van der Waals surface area contributed by atoms with Crippen LogP contribution in [-0.2, 0) is 6.54 Å². The van der Waals surface area contributed by atoms with Crippen LogP contribution in [-0.4, -0.2) is 31.1 Å². The zero-order chi connectivity index (χ0) is 14.4. The van der Waals surface area contributed by atoms with Crippen molar-refractivity contribution in [2.75, 3.05) is 20.2 Å². The summed E-state index contributed by atoms with van der Waals surface area (Å²) in [6, 6.07) is 8.65. The van der Waals surface area contributed by atoms with Gasteiger partial charge in [0.25, 0.3) is 0 Å². The predicted octanol–water partition coefficient (Wildman–Crippen LogP) is 2.27. The number of benzene rings is 1. The van der Waals surface area contributed by atoms with Gasteiger partial charge in [0.15, 0.2) is 0 Å². The summed E-state index contributed by atoms with van der Waals surface area (Å²) in [4.78, 5) is 2.50. The van der Waals surface area contributed by atoms with Crippen LogP contribution < -0.4 is 10.5 Å². The van der Waals surface area contributed by atoms with Gasteiger partial charge in [0, 0.05) is 12.6 Å². The fraction of sp³-hybridized carbons (Fsp3) is 0.562. The van der Waals surface area contributed by atoms with Gasteiger partial charge in [-0.1, -0.05) is 12.5 Å². The van der Waals surface area contributed by atoms with Crippen LogP contribution in [0, 0.1) is 11.3 Å². The third-order valence-corrected chi connectivity index (χ3v) is 4.02. The maximum absolute atomic E-state index is 9.16. The van der Waals surface area contributed by atoms with Crippen molar-refractivity contribution in [2.45, 2.75) is 38.3 Å². The van der Waals surface area contributed by atoms with E-state index >= 15 is 0 Å². The van der Waals surface area contributed by atoms with Crippen molar-refractivity contribution in [1.29, 1.82) is 5.26 Å². The monoisotopic (exact) mass is 273 g/mol. The minimum atomic E-state index is 0.585. The minimum absolute atomic E-state index is 0.585. The molecule has 1 fully saturated rings. The van der Waals surface area contributed by atoms with Crippen molar-refractivity contribution in [2.24, 2.45) is 5.73 Å². The van der Waals surface area contributed by atoms with Crippen LogP contribution in [0.2, 0.25) is 0 Å². The molecular weight excluding hydrogens is 250 g/mol. The highest BCUT2D eigenvalue weighted by Crippen LogP contribution is 2.24. The summed E-state index contributed by atoms with van der Waals surface area (Å²) in [5.74, 6) is 0.647. The van der Waals surface area contributed by atoms with Gasteiger partial charge in [-0.15, -0.1) is 0 Å². The molecule has 0 radical (unpaired) electrons. The summed E-state index contributed by atoms with van der Waals surface area (Å²) in [6.45, 7) is 2.76. The zero-order valence-electron chi connectivity index (χ0n) is 12.1. The van der Waals surface area contributed by atoms with E-state index in [2.05, 4.69) is 11.0 Å². The summed E-state index contributed by atoms with van der Waals surface area (Å²) >= 11 is 0. The Kier molecular flexibility index (Phi) is 5.40. The largest absolute Gasteiger partial charge is 0.495 e. The number of nitrogens with zero attached hydrogens (tertiary/aromatic N) is 2. The van der Waals surface area contributed by atoms with Crippen molar-refractivity contribution < 1.29 is 4.74 Å². The van der Waals surface area contributed by atoms with Gasteiger partial charge < -0.3 is 10.5 Å². The van der Waals surface area contributed by atoms with Gasteiger partial charge in [-0.25, -0.2) is 0 Å². The van der Waals surface area contributed by atoms with Crippen molar-refractivity contribution >= 4 is 0 Å². The Labute approximate surface area is 121 Å². The Morgan fingerprint density at radius 2 is 2.30 bits per heavy atom. The molecular formula is C16H23N3O. The number of nitriles is 1. The van der Waals surface area contributed by atoms with E-state index in [4.69, 9.17) is 15.7 Å². The summed E-state index contributed by atoms with van der Waals surface area (Å²) in [5.41, 5.74) is 7.49. The van der Waals surface area contributed by atoms with Gasteiger partial charge in [0.2, 0.25) is 0 Å². The molecule has 1 saturated heterocycles. The van der Waals surface area contributed by atoms with Crippen LogP contribution in [0.15, 0.2) is 18.2 Å². The first-order valence-electron chi connectivity index (χ1n) is 7.29. The number of hydrogen-bond acceptors (Lipinski definition) is 4. The van der Waals surface area contributed by atoms with Gasteiger partial charge in [-0.3, -0.25) is 4.90 Å². The van der Waals surface area contributed by atoms with E-state index < -0.39 is 0 Å². The lowest BCUT2D eigenvalue weighted by molar-refractivity contribution is 0.134. The van der Waals surface area contributed by atoms with Gasteiger partial charge in [-0.2, -0.15) is 5.26 Å². The number of piperidine rings is 1.